The molecule has 0 aliphatic rings. The number of phenolic OH excluding ortho intramolecular Hbond substituents is 1. The Morgan fingerprint density at radius 2 is 1.89 bits per heavy atom. The number of hydrogen-bond donors (Lipinski definition) is 2. The average Bonchev–Trinajstić information content (AvgIpc) is 2.70. The monoisotopic (exact) mass is 361 g/mol. The third-order valence-corrected chi connectivity index (χ3v) is 3.50. The molecule has 0 atom stereocenters. The molecule has 0 bridgehead atoms. The van der Waals surface area contributed by atoms with Crippen LogP contribution in [0.2, 0.25) is 0 Å². The van der Waals surface area contributed by atoms with Gasteiger partial charge in [-0.3, -0.25) is 20.5 Å². The van der Waals surface area contributed by atoms with Crippen molar-refractivity contribution in [3.8, 4) is 5.75 Å². The van der Waals surface area contributed by atoms with Crippen LogP contribution in [-0.2, 0) is 0 Å². The summed E-state index contributed by atoms with van der Waals surface area (Å²) in [5.41, 5.74) is 4.13. The average molecular weight is 361 g/mol. The van der Waals surface area contributed by atoms with E-state index in [0.717, 1.165) is 0 Å². The van der Waals surface area contributed by atoms with Crippen molar-refractivity contribution in [2.45, 2.75) is 0 Å². The molecule has 27 heavy (non-hydrogen) atoms. The van der Waals surface area contributed by atoms with Crippen LogP contribution in [0, 0.1) is 10.1 Å². The zero-order valence-corrected chi connectivity index (χ0v) is 14.1. The predicted octanol–water partition coefficient (Wildman–Crippen LogP) is 3.40. The van der Waals surface area contributed by atoms with Crippen molar-refractivity contribution in [1.82, 2.24) is 10.4 Å². The minimum Gasteiger partial charge on any atom is -0.507 e. The molecule has 8 nitrogen and oxygen atoms in total. The highest BCUT2D eigenvalue weighted by Crippen LogP contribution is 2.21. The molecule has 0 aliphatic carbocycles. The Kier molecular flexibility index (Phi) is 5.48. The van der Waals surface area contributed by atoms with Crippen LogP contribution in [0.4, 0.5) is 11.4 Å². The molecule has 134 valence electrons. The van der Waals surface area contributed by atoms with Gasteiger partial charge in [-0.15, -0.1) is 0 Å². The van der Waals surface area contributed by atoms with Crippen LogP contribution in [0.25, 0.3) is 0 Å². The number of benzene rings is 2. The Balaban J connectivity index is 1.88. The third kappa shape index (κ3) is 4.73. The molecule has 3 rings (SSSR count). The fourth-order valence-corrected chi connectivity index (χ4v) is 2.20. The highest BCUT2D eigenvalue weighted by molar-refractivity contribution is 5.99. The lowest BCUT2D eigenvalue weighted by atomic mass is 10.2. The van der Waals surface area contributed by atoms with Gasteiger partial charge in [-0.05, 0) is 30.3 Å². The number of hydrazone groups is 1. The molecule has 2 N–H and O–H groups in total. The van der Waals surface area contributed by atoms with Crippen LogP contribution in [0.1, 0.15) is 11.3 Å². The van der Waals surface area contributed by atoms with Gasteiger partial charge in [-0.2, -0.15) is 5.10 Å². The topological polar surface area (TPSA) is 113 Å². The normalized spacial score (nSPS) is 11.5. The minimum atomic E-state index is -0.541. The van der Waals surface area contributed by atoms with Gasteiger partial charge in [0.2, 0.25) is 0 Å². The molecule has 0 unspecified atom stereocenters. The molecular formula is C19H15N5O3. The number of phenols is 1. The Morgan fingerprint density at radius 3 is 2.59 bits per heavy atom. The number of nitro groups is 1. The van der Waals surface area contributed by atoms with Gasteiger partial charge in [0.25, 0.3) is 5.69 Å². The van der Waals surface area contributed by atoms with Crippen molar-refractivity contribution in [2.24, 2.45) is 10.1 Å². The van der Waals surface area contributed by atoms with E-state index in [0.29, 0.717) is 17.2 Å². The third-order valence-electron chi connectivity index (χ3n) is 3.50. The molecule has 0 aliphatic heterocycles. The summed E-state index contributed by atoms with van der Waals surface area (Å²) in [5.74, 6) is 0.272. The van der Waals surface area contributed by atoms with Gasteiger partial charge in [-0.25, -0.2) is 4.99 Å². The van der Waals surface area contributed by atoms with Crippen molar-refractivity contribution in [3.63, 3.8) is 0 Å². The van der Waals surface area contributed by atoms with Gasteiger partial charge >= 0.3 is 0 Å². The van der Waals surface area contributed by atoms with Crippen molar-refractivity contribution in [3.05, 3.63) is 94.3 Å². The summed E-state index contributed by atoms with van der Waals surface area (Å²) in [5, 5.41) is 24.8. The van der Waals surface area contributed by atoms with Crippen LogP contribution >= 0.6 is 0 Å². The minimum absolute atomic E-state index is 0.120. The number of nitro benzene ring substituents is 1. The number of rotatable bonds is 5. The molecule has 3 aromatic rings. The SMILES string of the molecule is O=[N+]([O-])c1ccc(O)c(/C=N/NC(=Nc2ccccc2)c2ccccn2)c1. The van der Waals surface area contributed by atoms with E-state index in [1.807, 2.05) is 36.4 Å². The molecule has 0 spiro atoms. The number of aromatic hydroxyl groups is 1. The largest absolute Gasteiger partial charge is 0.507 e. The Labute approximate surface area is 154 Å². The first kappa shape index (κ1) is 17.7. The quantitative estimate of drug-likeness (QED) is 0.313. The summed E-state index contributed by atoms with van der Waals surface area (Å²) in [4.78, 5) is 19.1. The van der Waals surface area contributed by atoms with Crippen molar-refractivity contribution < 1.29 is 10.0 Å². The second kappa shape index (κ2) is 8.34. The highest BCUT2D eigenvalue weighted by Gasteiger charge is 2.09. The van der Waals surface area contributed by atoms with E-state index in [4.69, 9.17) is 0 Å². The zero-order chi connectivity index (χ0) is 19.1. The van der Waals surface area contributed by atoms with Crippen molar-refractivity contribution in [2.75, 3.05) is 0 Å². The summed E-state index contributed by atoms with van der Waals surface area (Å²) in [6.45, 7) is 0. The summed E-state index contributed by atoms with van der Waals surface area (Å²) < 4.78 is 0. The standard InChI is InChI=1S/C19H15N5O3/c25-18-10-9-16(24(26)27)12-14(18)13-21-23-19(17-8-4-5-11-20-17)22-15-6-2-1-3-7-15/h1-13,25H,(H,22,23)/b21-13+. The lowest BCUT2D eigenvalue weighted by Gasteiger charge is -2.05. The van der Waals surface area contributed by atoms with Crippen molar-refractivity contribution in [1.29, 1.82) is 0 Å². The molecule has 0 radical (unpaired) electrons. The summed E-state index contributed by atoms with van der Waals surface area (Å²) in [7, 11) is 0. The highest BCUT2D eigenvalue weighted by atomic mass is 16.6. The Morgan fingerprint density at radius 1 is 1.11 bits per heavy atom. The fourth-order valence-electron chi connectivity index (χ4n) is 2.20. The van der Waals surface area contributed by atoms with Crippen LogP contribution in [0.3, 0.4) is 0 Å². The number of non-ortho nitro benzene ring substituents is 1. The molecule has 2 aromatic carbocycles. The van der Waals surface area contributed by atoms with Crippen LogP contribution in [0.15, 0.2) is 83.0 Å². The predicted molar refractivity (Wildman–Crippen MR) is 102 cm³/mol. The second-order valence-corrected chi connectivity index (χ2v) is 5.38. The second-order valence-electron chi connectivity index (χ2n) is 5.38. The van der Waals surface area contributed by atoms with Gasteiger partial charge in [-0.1, -0.05) is 24.3 Å². The van der Waals surface area contributed by atoms with E-state index in [1.165, 1.54) is 24.4 Å². The maximum Gasteiger partial charge on any atom is 0.270 e. The lowest BCUT2D eigenvalue weighted by molar-refractivity contribution is -0.384. The summed E-state index contributed by atoms with van der Waals surface area (Å²) >= 11 is 0. The molecule has 1 heterocycles. The molecule has 0 saturated heterocycles. The Bertz CT molecular complexity index is 989. The first-order chi connectivity index (χ1) is 13.1. The smallest absolute Gasteiger partial charge is 0.270 e. The molecule has 0 saturated carbocycles. The molecule has 0 amide bonds. The zero-order valence-electron chi connectivity index (χ0n) is 14.1. The number of amidine groups is 1. The van der Waals surface area contributed by atoms with Gasteiger partial charge in [0.1, 0.15) is 11.4 Å². The number of nitrogens with zero attached hydrogens (tertiary/aromatic N) is 4. The van der Waals surface area contributed by atoms with Crippen molar-refractivity contribution >= 4 is 23.4 Å². The number of nitrogens with one attached hydrogen (secondary N) is 1. The van der Waals surface area contributed by atoms with Gasteiger partial charge < -0.3 is 5.11 Å². The maximum absolute atomic E-state index is 10.9. The number of aliphatic imine (C=N–C) groups is 1. The lowest BCUT2D eigenvalue weighted by Crippen LogP contribution is -2.20. The van der Waals surface area contributed by atoms with E-state index in [2.05, 4.69) is 20.5 Å². The van der Waals surface area contributed by atoms with Gasteiger partial charge in [0, 0.05) is 23.9 Å². The van der Waals surface area contributed by atoms with Crippen LogP contribution < -0.4 is 5.43 Å². The van der Waals surface area contributed by atoms with Crippen LogP contribution in [-0.4, -0.2) is 27.1 Å². The first-order valence-electron chi connectivity index (χ1n) is 7.95. The number of para-hydroxylation sites is 1. The fraction of sp³-hybridized carbons (Fsp3) is 0. The molecular weight excluding hydrogens is 346 g/mol. The number of aromatic nitrogens is 1. The van der Waals surface area contributed by atoms with E-state index in [9.17, 15) is 15.2 Å². The van der Waals surface area contributed by atoms with E-state index in [1.54, 1.807) is 18.3 Å². The van der Waals surface area contributed by atoms with E-state index in [-0.39, 0.29) is 17.0 Å². The van der Waals surface area contributed by atoms with Crippen LogP contribution in [0.5, 0.6) is 5.75 Å². The maximum atomic E-state index is 10.9. The molecule has 0 fully saturated rings. The first-order valence-corrected chi connectivity index (χ1v) is 7.95. The summed E-state index contributed by atoms with van der Waals surface area (Å²) in [6, 6.07) is 18.3. The van der Waals surface area contributed by atoms with E-state index < -0.39 is 4.92 Å². The van der Waals surface area contributed by atoms with Gasteiger partial charge in [0.15, 0.2) is 5.84 Å². The number of hydrogen-bond acceptors (Lipinski definition) is 6. The molecule has 8 heteroatoms. The van der Waals surface area contributed by atoms with E-state index >= 15 is 0 Å². The molecule has 1 aromatic heterocycles. The Hall–Kier alpha value is -4.07. The number of pyridine rings is 1. The van der Waals surface area contributed by atoms with Gasteiger partial charge in [0.05, 0.1) is 16.8 Å². The summed E-state index contributed by atoms with van der Waals surface area (Å²) in [6.07, 6.45) is 2.92.